The van der Waals surface area contributed by atoms with Crippen LogP contribution in [0.5, 0.6) is 0 Å². The van der Waals surface area contributed by atoms with Crippen LogP contribution in [0.15, 0.2) is 43.0 Å². The topological polar surface area (TPSA) is 92.9 Å². The number of rotatable bonds is 5. The molecule has 0 fully saturated rings. The molecule has 0 amide bonds. The molecule has 0 aliphatic carbocycles. The van der Waals surface area contributed by atoms with Crippen LogP contribution in [0.25, 0.3) is 5.69 Å². The predicted molar refractivity (Wildman–Crippen MR) is 99.3 cm³/mol. The van der Waals surface area contributed by atoms with Crippen LogP contribution in [0.1, 0.15) is 30.8 Å². The molecule has 0 radical (unpaired) electrons. The highest BCUT2D eigenvalue weighted by atomic mass is 19.4. The van der Waals surface area contributed by atoms with Crippen LogP contribution in [0.2, 0.25) is 0 Å². The largest absolute Gasteiger partial charge is 0.481 e. The molecule has 0 atom stereocenters. The van der Waals surface area contributed by atoms with Crippen LogP contribution in [0, 0.1) is 6.92 Å². The summed E-state index contributed by atoms with van der Waals surface area (Å²) in [5.41, 5.74) is 0.124. The summed E-state index contributed by atoms with van der Waals surface area (Å²) in [6, 6.07) is 6.03. The van der Waals surface area contributed by atoms with E-state index in [0.717, 1.165) is 17.8 Å². The molecule has 0 unspecified atom stereocenters. The van der Waals surface area contributed by atoms with Crippen molar-refractivity contribution in [3.05, 3.63) is 59.9 Å². The van der Waals surface area contributed by atoms with Crippen molar-refractivity contribution in [1.82, 2.24) is 19.5 Å². The molecule has 2 N–H and O–H groups in total. The van der Waals surface area contributed by atoms with Crippen molar-refractivity contribution < 1.29 is 23.1 Å². The summed E-state index contributed by atoms with van der Waals surface area (Å²) in [5, 5.41) is 12.1. The number of hydrogen-bond acceptors (Lipinski definition) is 5. The molecule has 1 aromatic carbocycles. The number of halogens is 3. The first-order chi connectivity index (χ1) is 13.5. The van der Waals surface area contributed by atoms with Crippen LogP contribution in [-0.2, 0) is 16.4 Å². The fourth-order valence-corrected chi connectivity index (χ4v) is 2.59. The van der Waals surface area contributed by atoms with Gasteiger partial charge < -0.3 is 15.0 Å². The van der Waals surface area contributed by atoms with Crippen molar-refractivity contribution in [1.29, 1.82) is 0 Å². The van der Waals surface area contributed by atoms with Crippen molar-refractivity contribution in [2.75, 3.05) is 5.32 Å². The minimum absolute atomic E-state index is 0.185. The Morgan fingerprint density at radius 3 is 2.52 bits per heavy atom. The summed E-state index contributed by atoms with van der Waals surface area (Å²) in [6.07, 6.45) is -0.445. The molecule has 152 valence electrons. The number of alkyl halides is 3. The standard InChI is InChI=1S/C19H18F3N5O2/c1-11-6-12(25-17-23-5-4-14(26-17)19(20,21)22)8-13(7-11)27-9-15(24-10-27)18(2,3)16(28)29/h4-10H,1-3H3,(H,28,29)(H,23,25,26). The fourth-order valence-electron chi connectivity index (χ4n) is 2.59. The van der Waals surface area contributed by atoms with Crippen LogP contribution in [0.3, 0.4) is 0 Å². The van der Waals surface area contributed by atoms with Gasteiger partial charge in [-0.1, -0.05) is 0 Å². The third-order valence-electron chi connectivity index (χ3n) is 4.32. The molecule has 0 aliphatic rings. The van der Waals surface area contributed by atoms with E-state index in [-0.39, 0.29) is 5.95 Å². The van der Waals surface area contributed by atoms with Crippen LogP contribution in [-0.4, -0.2) is 30.6 Å². The molecule has 10 heteroatoms. The number of nitrogens with zero attached hydrogens (tertiary/aromatic N) is 4. The van der Waals surface area contributed by atoms with Gasteiger partial charge in [-0.2, -0.15) is 13.2 Å². The normalized spacial score (nSPS) is 12.1. The summed E-state index contributed by atoms with van der Waals surface area (Å²) in [7, 11) is 0. The second-order valence-corrected chi connectivity index (χ2v) is 7.04. The molecular weight excluding hydrogens is 387 g/mol. The SMILES string of the molecule is Cc1cc(Nc2nccc(C(F)(F)F)n2)cc(-n2cnc(C(C)(C)C(=O)O)c2)c1. The Bertz CT molecular complexity index is 1060. The van der Waals surface area contributed by atoms with E-state index in [0.29, 0.717) is 17.1 Å². The second kappa shape index (κ2) is 7.19. The van der Waals surface area contributed by atoms with Gasteiger partial charge in [-0.3, -0.25) is 4.79 Å². The van der Waals surface area contributed by atoms with Gasteiger partial charge in [0.25, 0.3) is 0 Å². The maximum absolute atomic E-state index is 12.8. The first-order valence-electron chi connectivity index (χ1n) is 8.54. The van der Waals surface area contributed by atoms with Crippen molar-refractivity contribution >= 4 is 17.6 Å². The van der Waals surface area contributed by atoms with Crippen molar-refractivity contribution in [3.8, 4) is 5.69 Å². The molecule has 3 aromatic rings. The number of carboxylic acid groups (broad SMARTS) is 1. The van der Waals surface area contributed by atoms with E-state index in [4.69, 9.17) is 0 Å². The molecular formula is C19H18F3N5O2. The molecule has 0 spiro atoms. The van der Waals surface area contributed by atoms with Crippen molar-refractivity contribution in [3.63, 3.8) is 0 Å². The minimum Gasteiger partial charge on any atom is -0.481 e. The van der Waals surface area contributed by atoms with Crippen molar-refractivity contribution in [2.24, 2.45) is 0 Å². The van der Waals surface area contributed by atoms with Gasteiger partial charge in [0.1, 0.15) is 11.1 Å². The van der Waals surface area contributed by atoms with Crippen LogP contribution < -0.4 is 5.32 Å². The lowest BCUT2D eigenvalue weighted by atomic mass is 9.90. The molecule has 2 heterocycles. The molecule has 2 aromatic heterocycles. The molecule has 3 rings (SSSR count). The fraction of sp³-hybridized carbons (Fsp3) is 0.263. The smallest absolute Gasteiger partial charge is 0.433 e. The summed E-state index contributed by atoms with van der Waals surface area (Å²) in [4.78, 5) is 22.9. The van der Waals surface area contributed by atoms with Crippen molar-refractivity contribution in [2.45, 2.75) is 32.4 Å². The van der Waals surface area contributed by atoms with Gasteiger partial charge in [0.2, 0.25) is 5.95 Å². The number of aromatic nitrogens is 4. The Morgan fingerprint density at radius 1 is 1.14 bits per heavy atom. The molecule has 0 saturated carbocycles. The van der Waals surface area contributed by atoms with E-state index >= 15 is 0 Å². The first kappa shape index (κ1) is 20.3. The predicted octanol–water partition coefficient (Wildman–Crippen LogP) is 4.10. The highest BCUT2D eigenvalue weighted by Crippen LogP contribution is 2.29. The number of hydrogen-bond donors (Lipinski definition) is 2. The Kier molecular flexibility index (Phi) is 5.04. The number of benzene rings is 1. The lowest BCUT2D eigenvalue weighted by Gasteiger charge is -2.15. The summed E-state index contributed by atoms with van der Waals surface area (Å²) in [6.45, 7) is 4.92. The minimum atomic E-state index is -4.57. The summed E-state index contributed by atoms with van der Waals surface area (Å²) < 4.78 is 40.2. The number of carboxylic acids is 1. The van der Waals surface area contributed by atoms with Gasteiger partial charge in [-0.15, -0.1) is 0 Å². The van der Waals surface area contributed by atoms with E-state index < -0.39 is 23.3 Å². The third kappa shape index (κ3) is 4.36. The number of imidazole rings is 1. The average Bonchev–Trinajstić information content (AvgIpc) is 3.11. The van der Waals surface area contributed by atoms with Gasteiger partial charge in [-0.25, -0.2) is 15.0 Å². The first-order valence-corrected chi connectivity index (χ1v) is 8.54. The molecule has 0 aliphatic heterocycles. The zero-order valence-corrected chi connectivity index (χ0v) is 15.8. The zero-order valence-electron chi connectivity index (χ0n) is 15.8. The number of aryl methyl sites for hydroxylation is 1. The van der Waals surface area contributed by atoms with Gasteiger partial charge in [0.15, 0.2) is 0 Å². The Labute approximate surface area is 164 Å². The molecule has 7 nitrogen and oxygen atoms in total. The van der Waals surface area contributed by atoms with E-state index in [9.17, 15) is 23.1 Å². The van der Waals surface area contributed by atoms with Gasteiger partial charge in [0, 0.05) is 23.8 Å². The lowest BCUT2D eigenvalue weighted by Crippen LogP contribution is -2.28. The summed E-state index contributed by atoms with van der Waals surface area (Å²) in [5.74, 6) is -1.19. The summed E-state index contributed by atoms with van der Waals surface area (Å²) >= 11 is 0. The molecule has 0 bridgehead atoms. The second-order valence-electron chi connectivity index (χ2n) is 7.04. The van der Waals surface area contributed by atoms with E-state index in [1.54, 1.807) is 36.7 Å². The third-order valence-corrected chi connectivity index (χ3v) is 4.32. The quantitative estimate of drug-likeness (QED) is 0.664. The van der Waals surface area contributed by atoms with Gasteiger partial charge >= 0.3 is 12.1 Å². The van der Waals surface area contributed by atoms with Crippen LogP contribution in [0.4, 0.5) is 24.8 Å². The Hall–Kier alpha value is -3.43. The number of nitrogens with one attached hydrogen (secondary N) is 1. The lowest BCUT2D eigenvalue weighted by molar-refractivity contribution is -0.143. The molecule has 0 saturated heterocycles. The van der Waals surface area contributed by atoms with E-state index in [1.807, 2.05) is 13.0 Å². The number of aliphatic carboxylic acids is 1. The number of anilines is 2. The van der Waals surface area contributed by atoms with E-state index in [2.05, 4.69) is 20.3 Å². The molecule has 29 heavy (non-hydrogen) atoms. The highest BCUT2D eigenvalue weighted by molar-refractivity contribution is 5.79. The maximum Gasteiger partial charge on any atom is 0.433 e. The Morgan fingerprint density at radius 2 is 1.86 bits per heavy atom. The maximum atomic E-state index is 12.8. The van der Waals surface area contributed by atoms with E-state index in [1.165, 1.54) is 6.33 Å². The Balaban J connectivity index is 1.92. The average molecular weight is 405 g/mol. The van der Waals surface area contributed by atoms with Crippen LogP contribution >= 0.6 is 0 Å². The monoisotopic (exact) mass is 405 g/mol. The van der Waals surface area contributed by atoms with Gasteiger partial charge in [0.05, 0.1) is 12.0 Å². The van der Waals surface area contributed by atoms with Gasteiger partial charge in [-0.05, 0) is 50.6 Å². The zero-order chi connectivity index (χ0) is 21.4. The number of carbonyl (C=O) groups is 1. The highest BCUT2D eigenvalue weighted by Gasteiger charge is 2.33.